The lowest BCUT2D eigenvalue weighted by molar-refractivity contribution is -0.137. The molecule has 4 nitrogen and oxygen atoms in total. The smallest absolute Gasteiger partial charge is 0.332 e. The lowest BCUT2D eigenvalue weighted by Gasteiger charge is -2.28. The number of thiophene rings is 1. The highest BCUT2D eigenvalue weighted by Crippen LogP contribution is 2.32. The Balaban J connectivity index is 1.54. The first-order chi connectivity index (χ1) is 15.8. The largest absolute Gasteiger partial charge is 0.416 e. The van der Waals surface area contributed by atoms with Gasteiger partial charge in [-0.15, -0.1) is 11.3 Å². The normalized spacial score (nSPS) is 13.5. The third kappa shape index (κ3) is 6.01. The summed E-state index contributed by atoms with van der Waals surface area (Å²) in [4.78, 5) is 30.6. The molecule has 172 valence electrons. The van der Waals surface area contributed by atoms with E-state index in [4.69, 9.17) is 0 Å². The van der Waals surface area contributed by atoms with Gasteiger partial charge in [-0.1, -0.05) is 42.5 Å². The van der Waals surface area contributed by atoms with Crippen molar-refractivity contribution in [1.82, 2.24) is 9.80 Å². The number of hydrogen-bond acceptors (Lipinski definition) is 3. The summed E-state index contributed by atoms with van der Waals surface area (Å²) in [6.07, 6.45) is -3.06. The second kappa shape index (κ2) is 9.79. The third-order valence-electron chi connectivity index (χ3n) is 5.49. The van der Waals surface area contributed by atoms with Crippen LogP contribution in [0.25, 0.3) is 0 Å². The Bertz CT molecular complexity index is 1100. The van der Waals surface area contributed by atoms with Crippen LogP contribution in [0.15, 0.2) is 72.1 Å². The molecule has 1 aliphatic rings. The molecule has 0 N–H and O–H groups in total. The van der Waals surface area contributed by atoms with E-state index in [0.717, 1.165) is 35.4 Å². The Kier molecular flexibility index (Phi) is 6.83. The first-order valence-electron chi connectivity index (χ1n) is 10.6. The summed E-state index contributed by atoms with van der Waals surface area (Å²) in [5.41, 5.74) is 0.0285. The van der Waals surface area contributed by atoms with Crippen LogP contribution in [0.3, 0.4) is 0 Å². The molecule has 1 aromatic heterocycles. The molecular formula is C25H23F3N2O2S. The van der Waals surface area contributed by atoms with Crippen molar-refractivity contribution in [3.05, 3.63) is 93.7 Å². The molecule has 0 atom stereocenters. The number of carbonyl (C=O) groups is 2. The van der Waals surface area contributed by atoms with Crippen LogP contribution in [0.2, 0.25) is 0 Å². The van der Waals surface area contributed by atoms with E-state index in [9.17, 15) is 22.8 Å². The molecular weight excluding hydrogens is 449 g/mol. The Morgan fingerprint density at radius 2 is 1.70 bits per heavy atom. The van der Waals surface area contributed by atoms with Gasteiger partial charge in [-0.2, -0.15) is 13.2 Å². The number of alkyl halides is 3. The predicted octanol–water partition coefficient (Wildman–Crippen LogP) is 5.60. The summed E-state index contributed by atoms with van der Waals surface area (Å²) < 4.78 is 39.4. The fraction of sp³-hybridized carbons (Fsp3) is 0.280. The monoisotopic (exact) mass is 472 g/mol. The molecule has 0 radical (unpaired) electrons. The molecule has 1 fully saturated rings. The zero-order valence-electron chi connectivity index (χ0n) is 17.8. The molecule has 0 saturated heterocycles. The van der Waals surface area contributed by atoms with Crippen LogP contribution in [-0.2, 0) is 24.1 Å². The van der Waals surface area contributed by atoms with Crippen LogP contribution in [-0.4, -0.2) is 34.2 Å². The highest BCUT2D eigenvalue weighted by molar-refractivity contribution is 7.09. The van der Waals surface area contributed by atoms with Gasteiger partial charge in [0.05, 0.1) is 12.1 Å². The van der Waals surface area contributed by atoms with Crippen LogP contribution in [0.1, 0.15) is 39.2 Å². The molecule has 4 rings (SSSR count). The molecule has 33 heavy (non-hydrogen) atoms. The van der Waals surface area contributed by atoms with E-state index in [1.807, 2.05) is 47.8 Å². The van der Waals surface area contributed by atoms with Gasteiger partial charge in [0.1, 0.15) is 6.54 Å². The predicted molar refractivity (Wildman–Crippen MR) is 121 cm³/mol. The standard InChI is InChI=1S/C25H23F3N2O2S/c26-25(27,28)20-9-4-8-19(14-20)24(32)30(21-11-12-21)17-23(31)29(16-22-10-5-13-33-22)15-18-6-2-1-3-7-18/h1-10,13-14,21H,11-12,15-17H2. The molecule has 2 aromatic carbocycles. The number of rotatable bonds is 8. The van der Waals surface area contributed by atoms with Gasteiger partial charge in [0.25, 0.3) is 5.91 Å². The van der Waals surface area contributed by atoms with Crippen molar-refractivity contribution in [3.63, 3.8) is 0 Å². The van der Waals surface area contributed by atoms with Gasteiger partial charge in [0, 0.05) is 23.0 Å². The van der Waals surface area contributed by atoms with Gasteiger partial charge in [0.2, 0.25) is 5.91 Å². The van der Waals surface area contributed by atoms with Crippen molar-refractivity contribution in [3.8, 4) is 0 Å². The van der Waals surface area contributed by atoms with Crippen molar-refractivity contribution in [1.29, 1.82) is 0 Å². The zero-order valence-corrected chi connectivity index (χ0v) is 18.6. The highest BCUT2D eigenvalue weighted by Gasteiger charge is 2.36. The summed E-state index contributed by atoms with van der Waals surface area (Å²) in [6, 6.07) is 17.7. The van der Waals surface area contributed by atoms with Crippen molar-refractivity contribution in [2.75, 3.05) is 6.54 Å². The minimum atomic E-state index is -4.54. The Hall–Kier alpha value is -3.13. The summed E-state index contributed by atoms with van der Waals surface area (Å²) in [6.45, 7) is 0.618. The highest BCUT2D eigenvalue weighted by atomic mass is 32.1. The number of halogens is 3. The van der Waals surface area contributed by atoms with Crippen LogP contribution < -0.4 is 0 Å². The van der Waals surface area contributed by atoms with E-state index in [1.54, 1.807) is 16.2 Å². The van der Waals surface area contributed by atoms with E-state index in [2.05, 4.69) is 0 Å². The van der Waals surface area contributed by atoms with Crippen molar-refractivity contribution < 1.29 is 22.8 Å². The van der Waals surface area contributed by atoms with E-state index < -0.39 is 17.6 Å². The number of amides is 2. The lowest BCUT2D eigenvalue weighted by atomic mass is 10.1. The van der Waals surface area contributed by atoms with E-state index in [-0.39, 0.29) is 24.1 Å². The molecule has 8 heteroatoms. The quantitative estimate of drug-likeness (QED) is 0.428. The van der Waals surface area contributed by atoms with Crippen LogP contribution >= 0.6 is 11.3 Å². The molecule has 0 unspecified atom stereocenters. The minimum absolute atomic E-state index is 0.0580. The molecule has 1 aliphatic carbocycles. The first-order valence-corrected chi connectivity index (χ1v) is 11.5. The van der Waals surface area contributed by atoms with E-state index in [0.29, 0.717) is 13.1 Å². The van der Waals surface area contributed by atoms with Crippen LogP contribution in [0, 0.1) is 0 Å². The first kappa shape index (κ1) is 23.0. The van der Waals surface area contributed by atoms with E-state index in [1.165, 1.54) is 17.0 Å². The molecule has 3 aromatic rings. The second-order valence-corrected chi connectivity index (χ2v) is 9.09. The van der Waals surface area contributed by atoms with Crippen molar-refractivity contribution >= 4 is 23.2 Å². The second-order valence-electron chi connectivity index (χ2n) is 8.06. The Morgan fingerprint density at radius 3 is 2.33 bits per heavy atom. The SMILES string of the molecule is O=C(CN(C(=O)c1cccc(C(F)(F)F)c1)C1CC1)N(Cc1ccccc1)Cc1cccs1. The Morgan fingerprint density at radius 1 is 0.939 bits per heavy atom. The zero-order chi connectivity index (χ0) is 23.4. The van der Waals surface area contributed by atoms with Gasteiger partial charge < -0.3 is 9.80 Å². The van der Waals surface area contributed by atoms with Gasteiger partial charge >= 0.3 is 6.18 Å². The maximum absolute atomic E-state index is 13.3. The molecule has 0 aliphatic heterocycles. The minimum Gasteiger partial charge on any atom is -0.332 e. The van der Waals surface area contributed by atoms with Gasteiger partial charge in [-0.05, 0) is 48.1 Å². The average Bonchev–Trinajstić information content (AvgIpc) is 3.52. The summed E-state index contributed by atoms with van der Waals surface area (Å²) in [7, 11) is 0. The summed E-state index contributed by atoms with van der Waals surface area (Å²) in [5.74, 6) is -0.785. The maximum Gasteiger partial charge on any atom is 0.416 e. The topological polar surface area (TPSA) is 40.6 Å². The average molecular weight is 473 g/mol. The van der Waals surface area contributed by atoms with Gasteiger partial charge in [0.15, 0.2) is 0 Å². The maximum atomic E-state index is 13.3. The third-order valence-corrected chi connectivity index (χ3v) is 6.35. The fourth-order valence-corrected chi connectivity index (χ4v) is 4.34. The number of nitrogens with zero attached hydrogens (tertiary/aromatic N) is 2. The van der Waals surface area contributed by atoms with Crippen molar-refractivity contribution in [2.24, 2.45) is 0 Å². The number of benzene rings is 2. The van der Waals surface area contributed by atoms with Crippen molar-refractivity contribution in [2.45, 2.75) is 38.1 Å². The molecule has 1 heterocycles. The molecule has 2 amide bonds. The molecule has 1 saturated carbocycles. The van der Waals surface area contributed by atoms with Crippen LogP contribution in [0.5, 0.6) is 0 Å². The molecule has 0 bridgehead atoms. The summed E-state index contributed by atoms with van der Waals surface area (Å²) >= 11 is 1.54. The van der Waals surface area contributed by atoms with Gasteiger partial charge in [-0.3, -0.25) is 9.59 Å². The number of hydrogen-bond donors (Lipinski definition) is 0. The Labute approximate surface area is 194 Å². The van der Waals surface area contributed by atoms with E-state index >= 15 is 0 Å². The van der Waals surface area contributed by atoms with Crippen LogP contribution in [0.4, 0.5) is 13.2 Å². The summed E-state index contributed by atoms with van der Waals surface area (Å²) in [5, 5.41) is 1.94. The fourth-order valence-electron chi connectivity index (χ4n) is 3.62. The molecule has 0 spiro atoms. The number of carbonyl (C=O) groups excluding carboxylic acids is 2. The lowest BCUT2D eigenvalue weighted by Crippen LogP contribution is -2.43. The van der Waals surface area contributed by atoms with Gasteiger partial charge in [-0.25, -0.2) is 0 Å².